The van der Waals surface area contributed by atoms with Gasteiger partial charge in [0.15, 0.2) is 0 Å². The number of hydrogen-bond acceptors (Lipinski definition) is 4. The SMILES string of the molecule is CCN(CC)c1c[n+](C)c(/N=N/c2c(-c3ccccc3)n(-c3ccccc3)c3ccccc23)s1.[Cl-]. The van der Waals surface area contributed by atoms with Crippen LogP contribution < -0.4 is 21.9 Å². The molecule has 0 radical (unpaired) electrons. The number of rotatable bonds is 7. The minimum atomic E-state index is 0. The van der Waals surface area contributed by atoms with Crippen molar-refractivity contribution in [3.05, 3.63) is 91.1 Å². The van der Waals surface area contributed by atoms with Crippen LogP contribution >= 0.6 is 11.3 Å². The van der Waals surface area contributed by atoms with Crippen molar-refractivity contribution in [3.8, 4) is 16.9 Å². The molecule has 178 valence electrons. The molecule has 2 heterocycles. The topological polar surface area (TPSA) is 36.8 Å². The van der Waals surface area contributed by atoms with E-state index in [-0.39, 0.29) is 12.4 Å². The van der Waals surface area contributed by atoms with Crippen LogP contribution in [0.5, 0.6) is 0 Å². The van der Waals surface area contributed by atoms with E-state index in [0.717, 1.165) is 51.8 Å². The second-order valence-corrected chi connectivity index (χ2v) is 9.07. The Kier molecular flexibility index (Phi) is 7.63. The maximum Gasteiger partial charge on any atom is 0.410 e. The van der Waals surface area contributed by atoms with Gasteiger partial charge in [-0.05, 0) is 48.5 Å². The number of benzene rings is 3. The highest BCUT2D eigenvalue weighted by molar-refractivity contribution is 7.18. The molecule has 0 aliphatic rings. The lowest BCUT2D eigenvalue weighted by Gasteiger charge is -2.16. The van der Waals surface area contributed by atoms with E-state index in [1.807, 2.05) is 19.2 Å². The van der Waals surface area contributed by atoms with Crippen molar-refractivity contribution in [1.82, 2.24) is 4.57 Å². The number of thiazole rings is 1. The van der Waals surface area contributed by atoms with Crippen molar-refractivity contribution in [2.24, 2.45) is 17.3 Å². The maximum atomic E-state index is 4.89. The fourth-order valence-corrected chi connectivity index (χ4v) is 5.37. The molecule has 5 aromatic rings. The molecule has 7 heteroatoms. The van der Waals surface area contributed by atoms with E-state index in [1.165, 1.54) is 5.00 Å². The first-order valence-corrected chi connectivity index (χ1v) is 12.4. The first-order chi connectivity index (χ1) is 16.7. The predicted octanol–water partition coefficient (Wildman–Crippen LogP) is 4.45. The molecule has 0 aliphatic heterocycles. The van der Waals surface area contributed by atoms with Crippen molar-refractivity contribution in [2.45, 2.75) is 13.8 Å². The highest BCUT2D eigenvalue weighted by Crippen LogP contribution is 2.43. The van der Waals surface area contributed by atoms with Crippen LogP contribution in [-0.4, -0.2) is 17.7 Å². The van der Waals surface area contributed by atoms with Crippen molar-refractivity contribution >= 4 is 38.1 Å². The van der Waals surface area contributed by atoms with Crippen LogP contribution in [0.3, 0.4) is 0 Å². The van der Waals surface area contributed by atoms with E-state index in [0.29, 0.717) is 0 Å². The fraction of sp³-hybridized carbons (Fsp3) is 0.179. The molecule has 0 unspecified atom stereocenters. The molecule has 0 fully saturated rings. The zero-order chi connectivity index (χ0) is 23.5. The molecule has 0 aliphatic carbocycles. The zero-order valence-electron chi connectivity index (χ0n) is 20.1. The van der Waals surface area contributed by atoms with Crippen molar-refractivity contribution in [3.63, 3.8) is 0 Å². The van der Waals surface area contributed by atoms with Crippen LogP contribution in [0.4, 0.5) is 15.8 Å². The Balaban J connectivity index is 0.00000289. The van der Waals surface area contributed by atoms with Gasteiger partial charge in [0.05, 0.1) is 23.4 Å². The highest BCUT2D eigenvalue weighted by Gasteiger charge is 2.22. The summed E-state index contributed by atoms with van der Waals surface area (Å²) < 4.78 is 4.34. The summed E-state index contributed by atoms with van der Waals surface area (Å²) >= 11 is 1.67. The average molecular weight is 502 g/mol. The van der Waals surface area contributed by atoms with E-state index in [1.54, 1.807) is 11.3 Å². The molecule has 0 N–H and O–H groups in total. The molecule has 3 aromatic carbocycles. The number of halogens is 1. The van der Waals surface area contributed by atoms with Gasteiger partial charge in [0.1, 0.15) is 16.9 Å². The molecule has 2 aromatic heterocycles. The van der Waals surface area contributed by atoms with Crippen LogP contribution in [0.1, 0.15) is 13.8 Å². The van der Waals surface area contributed by atoms with Crippen LogP contribution in [0.2, 0.25) is 0 Å². The quantitative estimate of drug-likeness (QED) is 0.240. The van der Waals surface area contributed by atoms with Gasteiger partial charge in [0, 0.05) is 29.7 Å². The number of azo groups is 1. The van der Waals surface area contributed by atoms with Gasteiger partial charge in [0.2, 0.25) is 0 Å². The minimum Gasteiger partial charge on any atom is -1.00 e. The number of hydrogen-bond donors (Lipinski definition) is 0. The second kappa shape index (κ2) is 10.8. The van der Waals surface area contributed by atoms with E-state index in [2.05, 4.69) is 107 Å². The largest absolute Gasteiger partial charge is 1.00 e. The normalized spacial score (nSPS) is 11.2. The number of anilines is 1. The van der Waals surface area contributed by atoms with Crippen LogP contribution in [0.25, 0.3) is 27.8 Å². The zero-order valence-corrected chi connectivity index (χ0v) is 21.7. The van der Waals surface area contributed by atoms with Crippen molar-refractivity contribution in [1.29, 1.82) is 0 Å². The number of aromatic nitrogens is 2. The summed E-state index contributed by atoms with van der Waals surface area (Å²) in [5.41, 5.74) is 5.24. The molecule has 35 heavy (non-hydrogen) atoms. The Morgan fingerprint density at radius 1 is 0.829 bits per heavy atom. The van der Waals surface area contributed by atoms with E-state index >= 15 is 0 Å². The monoisotopic (exact) mass is 501 g/mol. The summed E-state index contributed by atoms with van der Waals surface area (Å²) in [5.74, 6) is 0. The molecule has 5 rings (SSSR count). The number of fused-ring (bicyclic) bond motifs is 1. The molecule has 0 bridgehead atoms. The Labute approximate surface area is 216 Å². The first-order valence-electron chi connectivity index (χ1n) is 11.6. The third-order valence-corrected chi connectivity index (χ3v) is 7.15. The van der Waals surface area contributed by atoms with Crippen LogP contribution in [-0.2, 0) is 7.05 Å². The molecule has 5 nitrogen and oxygen atoms in total. The summed E-state index contributed by atoms with van der Waals surface area (Å²) in [6.07, 6.45) is 2.14. The van der Waals surface area contributed by atoms with Gasteiger partial charge in [-0.25, -0.2) is 4.57 Å². The van der Waals surface area contributed by atoms with Crippen molar-refractivity contribution < 1.29 is 17.0 Å². The Morgan fingerprint density at radius 3 is 2.14 bits per heavy atom. The number of nitrogens with zero attached hydrogens (tertiary/aromatic N) is 5. The average Bonchev–Trinajstić information content (AvgIpc) is 3.42. The van der Waals surface area contributed by atoms with Gasteiger partial charge in [-0.15, -0.1) is 0 Å². The fourth-order valence-electron chi connectivity index (χ4n) is 4.31. The van der Waals surface area contributed by atoms with Gasteiger partial charge in [-0.2, -0.15) is 0 Å². The lowest BCUT2D eigenvalue weighted by molar-refractivity contribution is -0.653. The summed E-state index contributed by atoms with van der Waals surface area (Å²) in [6.45, 7) is 6.29. The molecular formula is C28H28ClN5S. The standard InChI is InChI=1S/C28H28N5S.ClH/c1-4-32(5-2)25-20-31(3)28(34-25)30-29-26-23-18-12-13-19-24(23)33(22-16-10-7-11-17-22)27(26)21-14-8-6-9-15-21;/h6-20H,4-5H2,1-3H3;1H/q+1;/p-1. The molecule has 0 saturated carbocycles. The van der Waals surface area contributed by atoms with Crippen LogP contribution in [0, 0.1) is 0 Å². The summed E-state index contributed by atoms with van der Waals surface area (Å²) in [6, 6.07) is 29.3. The Bertz CT molecular complexity index is 1440. The smallest absolute Gasteiger partial charge is 0.410 e. The van der Waals surface area contributed by atoms with Gasteiger partial charge < -0.3 is 21.9 Å². The van der Waals surface area contributed by atoms with Gasteiger partial charge in [-0.1, -0.05) is 66.7 Å². The van der Waals surface area contributed by atoms with E-state index in [9.17, 15) is 0 Å². The van der Waals surface area contributed by atoms with Gasteiger partial charge in [-0.3, -0.25) is 0 Å². The number of para-hydroxylation sites is 2. The molecule has 0 amide bonds. The van der Waals surface area contributed by atoms with Crippen LogP contribution in [0.15, 0.2) is 101 Å². The van der Waals surface area contributed by atoms with Gasteiger partial charge >= 0.3 is 5.13 Å². The summed E-state index contributed by atoms with van der Waals surface area (Å²) in [4.78, 5) is 2.33. The lowest BCUT2D eigenvalue weighted by Crippen LogP contribution is -3.00. The Hall–Kier alpha value is -3.48. The molecular weight excluding hydrogens is 474 g/mol. The Morgan fingerprint density at radius 2 is 1.46 bits per heavy atom. The predicted molar refractivity (Wildman–Crippen MR) is 142 cm³/mol. The summed E-state index contributed by atoms with van der Waals surface area (Å²) in [7, 11) is 2.03. The van der Waals surface area contributed by atoms with E-state index < -0.39 is 0 Å². The lowest BCUT2D eigenvalue weighted by atomic mass is 10.1. The minimum absolute atomic E-state index is 0. The molecule has 0 atom stereocenters. The number of aryl methyl sites for hydroxylation is 1. The third kappa shape index (κ3) is 4.72. The summed E-state index contributed by atoms with van der Waals surface area (Å²) in [5, 5.41) is 12.8. The second-order valence-electron chi connectivity index (χ2n) is 8.09. The van der Waals surface area contributed by atoms with Crippen molar-refractivity contribution in [2.75, 3.05) is 18.0 Å². The maximum absolute atomic E-state index is 4.89. The third-order valence-electron chi connectivity index (χ3n) is 6.02. The van der Waals surface area contributed by atoms with E-state index in [4.69, 9.17) is 10.2 Å². The van der Waals surface area contributed by atoms with Gasteiger partial charge in [0.25, 0.3) is 0 Å². The molecule has 0 saturated heterocycles. The molecule has 0 spiro atoms. The first kappa shape index (κ1) is 24.6. The highest BCUT2D eigenvalue weighted by atomic mass is 35.5.